The molecule has 0 saturated carbocycles. The fraction of sp³-hybridized carbons (Fsp3) is 0.600. The number of carbonyl (C=O) groups is 1. The first kappa shape index (κ1) is 16.0. The van der Waals surface area contributed by atoms with E-state index in [2.05, 4.69) is 31.1 Å². The number of rotatable bonds is 5. The molecule has 4 heteroatoms. The van der Waals surface area contributed by atoms with Crippen LogP contribution in [0, 0.1) is 0 Å². The molecule has 1 heterocycles. The van der Waals surface area contributed by atoms with Crippen molar-refractivity contribution in [2.45, 2.75) is 58.9 Å². The minimum atomic E-state index is -0.176. The van der Waals surface area contributed by atoms with E-state index in [1.54, 1.807) is 6.07 Å². The lowest BCUT2D eigenvalue weighted by Gasteiger charge is -2.28. The molecule has 0 saturated heterocycles. The van der Waals surface area contributed by atoms with Gasteiger partial charge in [-0.3, -0.25) is 4.79 Å². The highest BCUT2D eigenvalue weighted by Gasteiger charge is 2.23. The third-order valence-electron chi connectivity index (χ3n) is 3.64. The van der Waals surface area contributed by atoms with E-state index in [4.69, 9.17) is 11.6 Å². The Kier molecular flexibility index (Phi) is 5.36. The minimum absolute atomic E-state index is 0.0857. The number of halogens is 1. The number of aromatic nitrogens is 1. The molecule has 1 rings (SSSR count). The molecule has 19 heavy (non-hydrogen) atoms. The highest BCUT2D eigenvalue weighted by atomic mass is 35.5. The van der Waals surface area contributed by atoms with Gasteiger partial charge in [0.05, 0.1) is 0 Å². The Balaban J connectivity index is 3.00. The fourth-order valence-corrected chi connectivity index (χ4v) is 1.93. The van der Waals surface area contributed by atoms with Crippen molar-refractivity contribution in [3.63, 3.8) is 0 Å². The first-order valence-electron chi connectivity index (χ1n) is 6.81. The molecule has 0 unspecified atom stereocenters. The van der Waals surface area contributed by atoms with E-state index in [0.717, 1.165) is 18.5 Å². The summed E-state index contributed by atoms with van der Waals surface area (Å²) in [4.78, 5) is 16.5. The molecule has 0 aliphatic carbocycles. The first-order chi connectivity index (χ1) is 8.81. The SMILES string of the molecule is CCC(C)(CC)NC(=O)c1cc(Cl)nc(C(C)C)c1. The van der Waals surface area contributed by atoms with Gasteiger partial charge in [-0.15, -0.1) is 0 Å². The summed E-state index contributed by atoms with van der Waals surface area (Å²) in [5.74, 6) is 0.159. The van der Waals surface area contributed by atoms with Gasteiger partial charge in [0, 0.05) is 16.8 Å². The van der Waals surface area contributed by atoms with Crippen LogP contribution in [0.5, 0.6) is 0 Å². The third-order valence-corrected chi connectivity index (χ3v) is 3.84. The van der Waals surface area contributed by atoms with Crippen molar-refractivity contribution in [2.75, 3.05) is 0 Å². The average molecular weight is 283 g/mol. The van der Waals surface area contributed by atoms with Crippen molar-refractivity contribution >= 4 is 17.5 Å². The van der Waals surface area contributed by atoms with Crippen LogP contribution in [0.2, 0.25) is 5.15 Å². The van der Waals surface area contributed by atoms with E-state index >= 15 is 0 Å². The van der Waals surface area contributed by atoms with Crippen LogP contribution in [-0.4, -0.2) is 16.4 Å². The molecule has 1 amide bonds. The van der Waals surface area contributed by atoms with E-state index in [1.807, 2.05) is 19.9 Å². The zero-order valence-corrected chi connectivity index (χ0v) is 13.1. The topological polar surface area (TPSA) is 42.0 Å². The van der Waals surface area contributed by atoms with Gasteiger partial charge in [-0.1, -0.05) is 39.3 Å². The third kappa shape index (κ3) is 4.20. The number of pyridine rings is 1. The molecule has 106 valence electrons. The second kappa shape index (κ2) is 6.38. The van der Waals surface area contributed by atoms with Gasteiger partial charge in [-0.2, -0.15) is 0 Å². The van der Waals surface area contributed by atoms with Crippen molar-refractivity contribution < 1.29 is 4.79 Å². The Morgan fingerprint density at radius 2 is 1.95 bits per heavy atom. The summed E-state index contributed by atoms with van der Waals surface area (Å²) in [6.07, 6.45) is 1.79. The lowest BCUT2D eigenvalue weighted by Crippen LogP contribution is -2.45. The minimum Gasteiger partial charge on any atom is -0.347 e. The highest BCUT2D eigenvalue weighted by Crippen LogP contribution is 2.19. The Labute approximate surface area is 120 Å². The van der Waals surface area contributed by atoms with Gasteiger partial charge < -0.3 is 5.32 Å². The van der Waals surface area contributed by atoms with Crippen LogP contribution in [0.1, 0.15) is 69.4 Å². The summed E-state index contributed by atoms with van der Waals surface area (Å²) in [6.45, 7) is 10.3. The maximum atomic E-state index is 12.3. The average Bonchev–Trinajstić information content (AvgIpc) is 2.37. The largest absolute Gasteiger partial charge is 0.347 e. The zero-order valence-electron chi connectivity index (χ0n) is 12.4. The highest BCUT2D eigenvalue weighted by molar-refractivity contribution is 6.29. The molecule has 0 aromatic carbocycles. The van der Waals surface area contributed by atoms with Crippen molar-refractivity contribution in [1.29, 1.82) is 0 Å². The predicted octanol–water partition coefficient (Wildman–Crippen LogP) is 4.17. The molecule has 0 bridgehead atoms. The van der Waals surface area contributed by atoms with Crippen molar-refractivity contribution in [3.8, 4) is 0 Å². The Morgan fingerprint density at radius 3 is 2.42 bits per heavy atom. The number of amides is 1. The Morgan fingerprint density at radius 1 is 1.37 bits per heavy atom. The summed E-state index contributed by atoms with van der Waals surface area (Å²) in [7, 11) is 0. The molecule has 1 aromatic heterocycles. The standard InChI is InChI=1S/C15H23ClN2O/c1-6-15(5,7-2)18-14(19)11-8-12(10(3)4)17-13(16)9-11/h8-10H,6-7H2,1-5H3,(H,18,19). The molecule has 3 nitrogen and oxygen atoms in total. The van der Waals surface area contributed by atoms with E-state index in [1.165, 1.54) is 0 Å². The molecule has 0 aliphatic heterocycles. The molecule has 1 aromatic rings. The van der Waals surface area contributed by atoms with Crippen LogP contribution in [0.4, 0.5) is 0 Å². The molecule has 0 radical (unpaired) electrons. The lowest BCUT2D eigenvalue weighted by atomic mass is 9.95. The summed E-state index contributed by atoms with van der Waals surface area (Å²) in [6, 6.07) is 3.44. The zero-order chi connectivity index (χ0) is 14.6. The van der Waals surface area contributed by atoms with Crippen LogP contribution in [0.25, 0.3) is 0 Å². The molecule has 0 aliphatic rings. The number of carbonyl (C=O) groups excluding carboxylic acids is 1. The van der Waals surface area contributed by atoms with E-state index in [9.17, 15) is 4.79 Å². The van der Waals surface area contributed by atoms with Gasteiger partial charge in [0.25, 0.3) is 5.91 Å². The van der Waals surface area contributed by atoms with Gasteiger partial charge in [-0.05, 0) is 37.8 Å². The predicted molar refractivity (Wildman–Crippen MR) is 79.8 cm³/mol. The maximum absolute atomic E-state index is 12.3. The van der Waals surface area contributed by atoms with Gasteiger partial charge in [0.1, 0.15) is 5.15 Å². The van der Waals surface area contributed by atoms with Crippen molar-refractivity contribution in [2.24, 2.45) is 0 Å². The second-order valence-electron chi connectivity index (χ2n) is 5.48. The second-order valence-corrected chi connectivity index (χ2v) is 5.87. The fourth-order valence-electron chi connectivity index (χ4n) is 1.72. The summed E-state index contributed by atoms with van der Waals surface area (Å²) < 4.78 is 0. The van der Waals surface area contributed by atoms with Crippen LogP contribution in [0.15, 0.2) is 12.1 Å². The number of nitrogens with zero attached hydrogens (tertiary/aromatic N) is 1. The van der Waals surface area contributed by atoms with Crippen LogP contribution < -0.4 is 5.32 Å². The Hall–Kier alpha value is -1.09. The summed E-state index contributed by atoms with van der Waals surface area (Å²) >= 11 is 5.99. The van der Waals surface area contributed by atoms with Gasteiger partial charge in [0.2, 0.25) is 0 Å². The Bertz CT molecular complexity index is 453. The molecular weight excluding hydrogens is 260 g/mol. The van der Waals surface area contributed by atoms with Gasteiger partial charge >= 0.3 is 0 Å². The molecule has 0 spiro atoms. The van der Waals surface area contributed by atoms with Crippen molar-refractivity contribution in [3.05, 3.63) is 28.5 Å². The quantitative estimate of drug-likeness (QED) is 0.824. The van der Waals surface area contributed by atoms with Crippen molar-refractivity contribution in [1.82, 2.24) is 10.3 Å². The first-order valence-corrected chi connectivity index (χ1v) is 7.19. The van der Waals surface area contributed by atoms with E-state index < -0.39 is 0 Å². The van der Waals surface area contributed by atoms with Crippen LogP contribution in [0.3, 0.4) is 0 Å². The smallest absolute Gasteiger partial charge is 0.251 e. The maximum Gasteiger partial charge on any atom is 0.251 e. The van der Waals surface area contributed by atoms with Crippen LogP contribution >= 0.6 is 11.6 Å². The monoisotopic (exact) mass is 282 g/mol. The van der Waals surface area contributed by atoms with Gasteiger partial charge in [0.15, 0.2) is 0 Å². The molecular formula is C15H23ClN2O. The number of hydrogen-bond donors (Lipinski definition) is 1. The number of hydrogen-bond acceptors (Lipinski definition) is 2. The van der Waals surface area contributed by atoms with E-state index in [-0.39, 0.29) is 17.4 Å². The molecule has 0 atom stereocenters. The number of nitrogens with one attached hydrogen (secondary N) is 1. The van der Waals surface area contributed by atoms with Gasteiger partial charge in [-0.25, -0.2) is 4.98 Å². The molecule has 1 N–H and O–H groups in total. The summed E-state index contributed by atoms with van der Waals surface area (Å²) in [5, 5.41) is 3.44. The summed E-state index contributed by atoms with van der Waals surface area (Å²) in [5.41, 5.74) is 1.24. The molecule has 0 fully saturated rings. The van der Waals surface area contributed by atoms with E-state index in [0.29, 0.717) is 10.7 Å². The van der Waals surface area contributed by atoms with Crippen LogP contribution in [-0.2, 0) is 0 Å². The normalized spacial score (nSPS) is 11.7. The lowest BCUT2D eigenvalue weighted by molar-refractivity contribution is 0.0901.